The summed E-state index contributed by atoms with van der Waals surface area (Å²) in [6.07, 6.45) is 1.84. The van der Waals surface area contributed by atoms with E-state index >= 15 is 0 Å². The van der Waals surface area contributed by atoms with Gasteiger partial charge in [-0.05, 0) is 45.0 Å². The predicted octanol–water partition coefficient (Wildman–Crippen LogP) is 3.32. The van der Waals surface area contributed by atoms with Gasteiger partial charge in [-0.3, -0.25) is 0 Å². The van der Waals surface area contributed by atoms with Gasteiger partial charge in [0.2, 0.25) is 0 Å². The minimum absolute atomic E-state index is 0.111. The van der Waals surface area contributed by atoms with Gasteiger partial charge < -0.3 is 10.1 Å². The normalized spacial score (nSPS) is 10.4. The number of rotatable bonds is 4. The summed E-state index contributed by atoms with van der Waals surface area (Å²) < 4.78 is 5.69. The Hall–Kier alpha value is -2.10. The molecule has 2 heterocycles. The highest BCUT2D eigenvalue weighted by atomic mass is 16.5. The van der Waals surface area contributed by atoms with E-state index in [1.54, 1.807) is 6.20 Å². The molecular formula is C14H17N3O. The lowest BCUT2D eigenvalue weighted by atomic mass is 10.3. The van der Waals surface area contributed by atoms with Gasteiger partial charge in [-0.2, -0.15) is 0 Å². The Kier molecular flexibility index (Phi) is 3.77. The van der Waals surface area contributed by atoms with Gasteiger partial charge in [0, 0.05) is 11.9 Å². The first-order valence-corrected chi connectivity index (χ1v) is 5.97. The summed E-state index contributed by atoms with van der Waals surface area (Å²) in [7, 11) is 0. The van der Waals surface area contributed by atoms with Crippen molar-refractivity contribution in [1.29, 1.82) is 0 Å². The molecule has 0 aromatic carbocycles. The molecule has 94 valence electrons. The number of ether oxygens (including phenoxy) is 1. The Bertz CT molecular complexity index is 526. The third kappa shape index (κ3) is 3.20. The molecule has 0 fully saturated rings. The largest absolute Gasteiger partial charge is 0.487 e. The minimum atomic E-state index is 0.111. The standard InChI is InChI=1S/C14H17N3O/c1-10(2)18-12-7-5-9-15-14(12)17-13-8-4-6-11(3)16-13/h4-10H,1-3H3,(H,15,16,17). The van der Waals surface area contributed by atoms with Crippen molar-refractivity contribution in [2.75, 3.05) is 5.32 Å². The highest BCUT2D eigenvalue weighted by molar-refractivity contribution is 5.59. The van der Waals surface area contributed by atoms with Gasteiger partial charge in [0.05, 0.1) is 6.10 Å². The summed E-state index contributed by atoms with van der Waals surface area (Å²) in [4.78, 5) is 8.66. The Morgan fingerprint density at radius 2 is 2.00 bits per heavy atom. The Balaban J connectivity index is 2.23. The van der Waals surface area contributed by atoms with Crippen LogP contribution in [0.1, 0.15) is 19.5 Å². The number of aromatic nitrogens is 2. The highest BCUT2D eigenvalue weighted by Crippen LogP contribution is 2.24. The number of pyridine rings is 2. The molecule has 0 aliphatic rings. The van der Waals surface area contributed by atoms with E-state index in [1.165, 1.54) is 0 Å². The number of nitrogens with zero attached hydrogens (tertiary/aromatic N) is 2. The van der Waals surface area contributed by atoms with Crippen molar-refractivity contribution in [3.63, 3.8) is 0 Å². The Morgan fingerprint density at radius 3 is 2.72 bits per heavy atom. The van der Waals surface area contributed by atoms with Gasteiger partial charge in [0.25, 0.3) is 0 Å². The Labute approximate surface area is 107 Å². The van der Waals surface area contributed by atoms with E-state index in [0.717, 1.165) is 17.3 Å². The topological polar surface area (TPSA) is 47.0 Å². The molecule has 0 bridgehead atoms. The van der Waals surface area contributed by atoms with E-state index in [4.69, 9.17) is 4.74 Å². The summed E-state index contributed by atoms with van der Waals surface area (Å²) in [5, 5.41) is 3.17. The number of anilines is 2. The average Bonchev–Trinajstić information content (AvgIpc) is 2.31. The molecular weight excluding hydrogens is 226 g/mol. The summed E-state index contributed by atoms with van der Waals surface area (Å²) in [6, 6.07) is 9.56. The first-order valence-electron chi connectivity index (χ1n) is 5.97. The van der Waals surface area contributed by atoms with Gasteiger partial charge in [0.15, 0.2) is 11.6 Å². The number of hydrogen-bond donors (Lipinski definition) is 1. The SMILES string of the molecule is Cc1cccc(Nc2ncccc2OC(C)C)n1. The van der Waals surface area contributed by atoms with Gasteiger partial charge in [-0.25, -0.2) is 9.97 Å². The van der Waals surface area contributed by atoms with E-state index in [0.29, 0.717) is 5.82 Å². The van der Waals surface area contributed by atoms with Crippen LogP contribution in [0.3, 0.4) is 0 Å². The van der Waals surface area contributed by atoms with Crippen LogP contribution in [0.5, 0.6) is 5.75 Å². The first-order chi connectivity index (χ1) is 8.65. The van der Waals surface area contributed by atoms with Gasteiger partial charge in [-0.1, -0.05) is 6.07 Å². The van der Waals surface area contributed by atoms with Crippen molar-refractivity contribution in [1.82, 2.24) is 9.97 Å². The van der Waals surface area contributed by atoms with Crippen molar-refractivity contribution in [3.8, 4) is 5.75 Å². The van der Waals surface area contributed by atoms with Crippen LogP contribution in [0.25, 0.3) is 0 Å². The van der Waals surface area contributed by atoms with Crippen molar-refractivity contribution in [2.45, 2.75) is 26.9 Å². The summed E-state index contributed by atoms with van der Waals surface area (Å²) in [5.41, 5.74) is 0.960. The lowest BCUT2D eigenvalue weighted by Crippen LogP contribution is -2.08. The summed E-state index contributed by atoms with van der Waals surface area (Å²) in [5.74, 6) is 2.18. The van der Waals surface area contributed by atoms with Crippen LogP contribution in [0, 0.1) is 6.92 Å². The third-order valence-electron chi connectivity index (χ3n) is 2.27. The second kappa shape index (κ2) is 5.49. The predicted molar refractivity (Wildman–Crippen MR) is 72.3 cm³/mol. The second-order valence-electron chi connectivity index (χ2n) is 4.31. The molecule has 0 unspecified atom stereocenters. The molecule has 4 heteroatoms. The average molecular weight is 243 g/mol. The molecule has 0 amide bonds. The van der Waals surface area contributed by atoms with Crippen molar-refractivity contribution in [2.24, 2.45) is 0 Å². The molecule has 0 saturated heterocycles. The quantitative estimate of drug-likeness (QED) is 0.894. The fourth-order valence-corrected chi connectivity index (χ4v) is 1.57. The second-order valence-corrected chi connectivity index (χ2v) is 4.31. The molecule has 0 radical (unpaired) electrons. The maximum atomic E-state index is 5.69. The van der Waals surface area contributed by atoms with Crippen molar-refractivity contribution < 1.29 is 4.74 Å². The van der Waals surface area contributed by atoms with E-state index in [1.807, 2.05) is 51.1 Å². The minimum Gasteiger partial charge on any atom is -0.487 e. The molecule has 2 aromatic rings. The lowest BCUT2D eigenvalue weighted by Gasteiger charge is -2.14. The van der Waals surface area contributed by atoms with Crippen LogP contribution < -0.4 is 10.1 Å². The van der Waals surface area contributed by atoms with Crippen LogP contribution in [0.15, 0.2) is 36.5 Å². The number of nitrogens with one attached hydrogen (secondary N) is 1. The van der Waals surface area contributed by atoms with Gasteiger partial charge in [0.1, 0.15) is 5.82 Å². The molecule has 4 nitrogen and oxygen atoms in total. The van der Waals surface area contributed by atoms with E-state index in [9.17, 15) is 0 Å². The van der Waals surface area contributed by atoms with Crippen LogP contribution in [-0.2, 0) is 0 Å². The zero-order chi connectivity index (χ0) is 13.0. The van der Waals surface area contributed by atoms with Crippen LogP contribution in [0.2, 0.25) is 0 Å². The fraction of sp³-hybridized carbons (Fsp3) is 0.286. The third-order valence-corrected chi connectivity index (χ3v) is 2.27. The molecule has 0 saturated carbocycles. The molecule has 1 N–H and O–H groups in total. The smallest absolute Gasteiger partial charge is 0.174 e. The number of hydrogen-bond acceptors (Lipinski definition) is 4. The molecule has 0 spiro atoms. The summed E-state index contributed by atoms with van der Waals surface area (Å²) >= 11 is 0. The van der Waals surface area contributed by atoms with Crippen molar-refractivity contribution >= 4 is 11.6 Å². The lowest BCUT2D eigenvalue weighted by molar-refractivity contribution is 0.243. The zero-order valence-corrected chi connectivity index (χ0v) is 10.8. The summed E-state index contributed by atoms with van der Waals surface area (Å²) in [6.45, 7) is 5.93. The zero-order valence-electron chi connectivity index (χ0n) is 10.8. The first kappa shape index (κ1) is 12.4. The van der Waals surface area contributed by atoms with Gasteiger partial charge >= 0.3 is 0 Å². The van der Waals surface area contributed by atoms with Gasteiger partial charge in [-0.15, -0.1) is 0 Å². The van der Waals surface area contributed by atoms with E-state index in [2.05, 4.69) is 15.3 Å². The fourth-order valence-electron chi connectivity index (χ4n) is 1.57. The maximum Gasteiger partial charge on any atom is 0.174 e. The van der Waals surface area contributed by atoms with Crippen LogP contribution >= 0.6 is 0 Å². The molecule has 18 heavy (non-hydrogen) atoms. The van der Waals surface area contributed by atoms with E-state index < -0.39 is 0 Å². The molecule has 0 atom stereocenters. The Morgan fingerprint density at radius 1 is 1.17 bits per heavy atom. The molecule has 2 aromatic heterocycles. The molecule has 0 aliphatic heterocycles. The monoisotopic (exact) mass is 243 g/mol. The van der Waals surface area contributed by atoms with Crippen LogP contribution in [-0.4, -0.2) is 16.1 Å². The van der Waals surface area contributed by atoms with Crippen molar-refractivity contribution in [3.05, 3.63) is 42.2 Å². The van der Waals surface area contributed by atoms with E-state index in [-0.39, 0.29) is 6.10 Å². The van der Waals surface area contributed by atoms with Crippen LogP contribution in [0.4, 0.5) is 11.6 Å². The molecule has 2 rings (SSSR count). The number of aryl methyl sites for hydroxylation is 1. The highest BCUT2D eigenvalue weighted by Gasteiger charge is 2.07. The maximum absolute atomic E-state index is 5.69. The molecule has 0 aliphatic carbocycles.